The van der Waals surface area contributed by atoms with Crippen LogP contribution in [-0.4, -0.2) is 39.0 Å². The summed E-state index contributed by atoms with van der Waals surface area (Å²) in [5.41, 5.74) is 1.07. The molecule has 6 heteroatoms. The fourth-order valence-electron chi connectivity index (χ4n) is 2.35. The number of aliphatic imine (C=N–C) groups is 1. The highest BCUT2D eigenvalue weighted by atomic mass is 32.2. The number of guanidine groups is 1. The van der Waals surface area contributed by atoms with E-state index in [4.69, 9.17) is 9.47 Å². The molecular weight excluding hydrogens is 346 g/mol. The standard InChI is InChI=1S/C20H27N3O2S/c1-4-21-20(22-12-13-26-17-8-6-5-7-9-17)23-15-16-10-11-18(24-2)19(14-16)25-3/h5-11,14H,4,12-13,15H2,1-3H3,(H2,21,22,23). The number of hydrogen-bond donors (Lipinski definition) is 2. The van der Waals surface area contributed by atoms with E-state index in [0.717, 1.165) is 41.9 Å². The lowest BCUT2D eigenvalue weighted by atomic mass is 10.2. The number of thioether (sulfide) groups is 1. The van der Waals surface area contributed by atoms with Crippen molar-refractivity contribution in [3.8, 4) is 11.5 Å². The monoisotopic (exact) mass is 373 g/mol. The summed E-state index contributed by atoms with van der Waals surface area (Å²) in [6.07, 6.45) is 0. The normalized spacial score (nSPS) is 11.1. The highest BCUT2D eigenvalue weighted by Crippen LogP contribution is 2.27. The molecule has 0 spiro atoms. The van der Waals surface area contributed by atoms with Crippen molar-refractivity contribution in [1.29, 1.82) is 0 Å². The van der Waals surface area contributed by atoms with Crippen molar-refractivity contribution in [3.05, 3.63) is 54.1 Å². The first kappa shape index (κ1) is 20.0. The third-order valence-electron chi connectivity index (χ3n) is 3.62. The average molecular weight is 374 g/mol. The van der Waals surface area contributed by atoms with E-state index in [1.54, 1.807) is 14.2 Å². The van der Waals surface area contributed by atoms with E-state index in [-0.39, 0.29) is 0 Å². The van der Waals surface area contributed by atoms with Crippen LogP contribution in [0.3, 0.4) is 0 Å². The largest absolute Gasteiger partial charge is 0.493 e. The molecule has 26 heavy (non-hydrogen) atoms. The molecule has 2 N–H and O–H groups in total. The van der Waals surface area contributed by atoms with Crippen molar-refractivity contribution in [3.63, 3.8) is 0 Å². The zero-order valence-corrected chi connectivity index (χ0v) is 16.4. The van der Waals surface area contributed by atoms with Gasteiger partial charge in [-0.15, -0.1) is 11.8 Å². The Labute approximate surface area is 160 Å². The summed E-state index contributed by atoms with van der Waals surface area (Å²) in [7, 11) is 3.28. The van der Waals surface area contributed by atoms with Gasteiger partial charge < -0.3 is 20.1 Å². The number of nitrogens with one attached hydrogen (secondary N) is 2. The number of benzene rings is 2. The second-order valence-electron chi connectivity index (χ2n) is 5.47. The van der Waals surface area contributed by atoms with Crippen LogP contribution in [0.5, 0.6) is 11.5 Å². The Kier molecular flexibility index (Phi) is 8.69. The van der Waals surface area contributed by atoms with E-state index < -0.39 is 0 Å². The molecule has 0 saturated heterocycles. The van der Waals surface area contributed by atoms with Crippen LogP contribution in [0.25, 0.3) is 0 Å². The molecule has 0 aliphatic carbocycles. The van der Waals surface area contributed by atoms with Crippen LogP contribution >= 0.6 is 11.8 Å². The average Bonchev–Trinajstić information content (AvgIpc) is 2.69. The maximum absolute atomic E-state index is 5.35. The SMILES string of the molecule is CCNC(=NCc1ccc(OC)c(OC)c1)NCCSc1ccccc1. The van der Waals surface area contributed by atoms with E-state index >= 15 is 0 Å². The van der Waals surface area contributed by atoms with Gasteiger partial charge in [0.25, 0.3) is 0 Å². The highest BCUT2D eigenvalue weighted by Gasteiger charge is 2.04. The van der Waals surface area contributed by atoms with Gasteiger partial charge in [-0.05, 0) is 36.8 Å². The first-order valence-corrected chi connectivity index (χ1v) is 9.66. The lowest BCUT2D eigenvalue weighted by Gasteiger charge is -2.12. The molecule has 0 aromatic heterocycles. The molecule has 0 aliphatic heterocycles. The highest BCUT2D eigenvalue weighted by molar-refractivity contribution is 7.99. The summed E-state index contributed by atoms with van der Waals surface area (Å²) in [5.74, 6) is 3.24. The summed E-state index contributed by atoms with van der Waals surface area (Å²) < 4.78 is 10.6. The Balaban J connectivity index is 1.87. The third kappa shape index (κ3) is 6.52. The van der Waals surface area contributed by atoms with Crippen LogP contribution in [0.2, 0.25) is 0 Å². The van der Waals surface area contributed by atoms with Crippen LogP contribution in [0.15, 0.2) is 58.4 Å². The Hall–Kier alpha value is -2.34. The predicted molar refractivity (Wildman–Crippen MR) is 110 cm³/mol. The van der Waals surface area contributed by atoms with Crippen molar-refractivity contribution in [1.82, 2.24) is 10.6 Å². The summed E-state index contributed by atoms with van der Waals surface area (Å²) in [5, 5.41) is 6.65. The first-order valence-electron chi connectivity index (χ1n) is 8.67. The van der Waals surface area contributed by atoms with Crippen molar-refractivity contribution >= 4 is 17.7 Å². The van der Waals surface area contributed by atoms with Gasteiger partial charge in [-0.25, -0.2) is 4.99 Å². The van der Waals surface area contributed by atoms with Gasteiger partial charge in [0, 0.05) is 23.7 Å². The minimum atomic E-state index is 0.571. The number of methoxy groups -OCH3 is 2. The summed E-state index contributed by atoms with van der Waals surface area (Å²) >= 11 is 1.83. The van der Waals surface area contributed by atoms with E-state index in [0.29, 0.717) is 6.54 Å². The number of rotatable bonds is 9. The summed E-state index contributed by atoms with van der Waals surface area (Å²) in [4.78, 5) is 5.93. The second-order valence-corrected chi connectivity index (χ2v) is 6.64. The predicted octanol–water partition coefficient (Wildman–Crippen LogP) is 3.55. The number of hydrogen-bond acceptors (Lipinski definition) is 4. The molecule has 2 rings (SSSR count). The molecule has 0 bridgehead atoms. The van der Waals surface area contributed by atoms with E-state index in [9.17, 15) is 0 Å². The van der Waals surface area contributed by atoms with Crippen LogP contribution in [0.1, 0.15) is 12.5 Å². The summed E-state index contributed by atoms with van der Waals surface area (Å²) in [6.45, 7) is 4.30. The van der Waals surface area contributed by atoms with E-state index in [1.807, 2.05) is 36.0 Å². The van der Waals surface area contributed by atoms with Gasteiger partial charge >= 0.3 is 0 Å². The van der Waals surface area contributed by atoms with Gasteiger partial charge in [0.15, 0.2) is 17.5 Å². The first-order chi connectivity index (χ1) is 12.8. The molecule has 0 heterocycles. The van der Waals surface area contributed by atoms with Gasteiger partial charge in [0.05, 0.1) is 20.8 Å². The quantitative estimate of drug-likeness (QED) is 0.305. The van der Waals surface area contributed by atoms with Gasteiger partial charge in [-0.3, -0.25) is 0 Å². The fourth-order valence-corrected chi connectivity index (χ4v) is 3.14. The Morgan fingerprint density at radius 2 is 1.77 bits per heavy atom. The zero-order valence-electron chi connectivity index (χ0n) is 15.6. The topological polar surface area (TPSA) is 54.9 Å². The molecule has 2 aromatic rings. The Morgan fingerprint density at radius 1 is 1.00 bits per heavy atom. The molecular formula is C20H27N3O2S. The van der Waals surface area contributed by atoms with Crippen LogP contribution < -0.4 is 20.1 Å². The van der Waals surface area contributed by atoms with Crippen LogP contribution in [-0.2, 0) is 6.54 Å². The fraction of sp³-hybridized carbons (Fsp3) is 0.350. The lowest BCUT2D eigenvalue weighted by molar-refractivity contribution is 0.354. The second kappa shape index (κ2) is 11.3. The van der Waals surface area contributed by atoms with Crippen molar-refractivity contribution < 1.29 is 9.47 Å². The molecule has 0 amide bonds. The molecule has 0 atom stereocenters. The maximum atomic E-state index is 5.35. The summed E-state index contributed by atoms with van der Waals surface area (Å²) in [6, 6.07) is 16.3. The zero-order chi connectivity index (χ0) is 18.6. The molecule has 5 nitrogen and oxygen atoms in total. The molecule has 140 valence electrons. The minimum absolute atomic E-state index is 0.571. The molecule has 2 aromatic carbocycles. The molecule has 0 fully saturated rings. The number of ether oxygens (including phenoxy) is 2. The Bertz CT molecular complexity index is 693. The lowest BCUT2D eigenvalue weighted by Crippen LogP contribution is -2.38. The number of nitrogens with zero attached hydrogens (tertiary/aromatic N) is 1. The van der Waals surface area contributed by atoms with Gasteiger partial charge in [0.2, 0.25) is 0 Å². The third-order valence-corrected chi connectivity index (χ3v) is 4.63. The minimum Gasteiger partial charge on any atom is -0.493 e. The molecule has 0 saturated carbocycles. The van der Waals surface area contributed by atoms with Gasteiger partial charge in [-0.2, -0.15) is 0 Å². The van der Waals surface area contributed by atoms with Gasteiger partial charge in [0.1, 0.15) is 0 Å². The van der Waals surface area contributed by atoms with Crippen molar-refractivity contribution in [2.75, 3.05) is 33.1 Å². The molecule has 0 aliphatic rings. The maximum Gasteiger partial charge on any atom is 0.191 e. The van der Waals surface area contributed by atoms with Gasteiger partial charge in [-0.1, -0.05) is 24.3 Å². The van der Waals surface area contributed by atoms with E-state index in [2.05, 4.69) is 46.8 Å². The van der Waals surface area contributed by atoms with Crippen molar-refractivity contribution in [2.45, 2.75) is 18.4 Å². The Morgan fingerprint density at radius 3 is 2.46 bits per heavy atom. The molecule has 0 unspecified atom stereocenters. The van der Waals surface area contributed by atoms with E-state index in [1.165, 1.54) is 4.90 Å². The molecule has 0 radical (unpaired) electrons. The van der Waals surface area contributed by atoms with Crippen LogP contribution in [0, 0.1) is 0 Å². The van der Waals surface area contributed by atoms with Crippen LogP contribution in [0.4, 0.5) is 0 Å². The smallest absolute Gasteiger partial charge is 0.191 e. The van der Waals surface area contributed by atoms with Crippen molar-refractivity contribution in [2.24, 2.45) is 4.99 Å².